The highest BCUT2D eigenvalue weighted by atomic mass is 28.4. The fraction of sp³-hybridized carbons (Fsp3) is 0.857. The van der Waals surface area contributed by atoms with Gasteiger partial charge in [-0.2, -0.15) is 0 Å². The molecule has 0 aromatic carbocycles. The van der Waals surface area contributed by atoms with Crippen molar-refractivity contribution in [3.05, 3.63) is 23.3 Å². The van der Waals surface area contributed by atoms with Crippen molar-refractivity contribution in [2.45, 2.75) is 245 Å². The van der Waals surface area contributed by atoms with Crippen molar-refractivity contribution >= 4 is 40.1 Å². The molecular weight excluding hydrogens is 935 g/mol. The SMILES string of the molecule is CC[C@@H]1/C=C(\C)C[C@H](C)CC(OC)[C@H]2OC(OC)(C(=O)[C@H](C)C[C@@H]2OC)C(=O)N2CCCC[C@H]2C(=O)O[C@H](/C(C)=C/[C@@H]2CC[C@@H](O[Si](C)(C)C(C)(C)C)[C@H](OC)C2)[C@H](C)C(O[Si](C)(C)C(C)(C)C)CC1=O. The third-order valence-corrected chi connectivity index (χ3v) is 26.5. The molecule has 1 amide bonds. The molecule has 1 saturated carbocycles. The molecule has 3 aliphatic heterocycles. The van der Waals surface area contributed by atoms with E-state index in [2.05, 4.69) is 101 Å². The Kier molecular flexibility index (Phi) is 21.8. The van der Waals surface area contributed by atoms with E-state index in [0.717, 1.165) is 30.4 Å². The maximum atomic E-state index is 15.4. The number of hydrogen-bond donors (Lipinski definition) is 0. The van der Waals surface area contributed by atoms with Gasteiger partial charge in [0, 0.05) is 59.2 Å². The number of rotatable bonds is 11. The van der Waals surface area contributed by atoms with Gasteiger partial charge in [-0.25, -0.2) is 4.79 Å². The Morgan fingerprint density at radius 3 is 1.90 bits per heavy atom. The Morgan fingerprint density at radius 1 is 0.775 bits per heavy atom. The highest BCUT2D eigenvalue weighted by Crippen LogP contribution is 2.44. The number of allylic oxidation sites excluding steroid dienone is 3. The van der Waals surface area contributed by atoms with Crippen molar-refractivity contribution in [1.29, 1.82) is 0 Å². The second-order valence-electron chi connectivity index (χ2n) is 25.0. The molecule has 0 aromatic rings. The van der Waals surface area contributed by atoms with Crippen molar-refractivity contribution < 1.29 is 56.5 Å². The number of piperidine rings is 1. The van der Waals surface area contributed by atoms with Crippen LogP contribution in [0.15, 0.2) is 23.3 Å². The lowest BCUT2D eigenvalue weighted by molar-refractivity contribution is -0.259. The van der Waals surface area contributed by atoms with Crippen LogP contribution in [0.1, 0.15) is 154 Å². The third kappa shape index (κ3) is 14.7. The quantitative estimate of drug-likeness (QED) is 0.0840. The number of methoxy groups -OCH3 is 4. The molecule has 3 unspecified atom stereocenters. The lowest BCUT2D eigenvalue weighted by Gasteiger charge is -2.44. The van der Waals surface area contributed by atoms with E-state index in [1.54, 1.807) is 28.3 Å². The molecule has 0 spiro atoms. The van der Waals surface area contributed by atoms with Gasteiger partial charge in [0.05, 0.1) is 30.5 Å². The number of cyclic esters (lactones) is 1. The van der Waals surface area contributed by atoms with Gasteiger partial charge in [-0.1, -0.05) is 87.0 Å². The molecule has 4 rings (SSSR count). The van der Waals surface area contributed by atoms with E-state index >= 15 is 9.59 Å². The van der Waals surface area contributed by atoms with Crippen LogP contribution >= 0.6 is 0 Å². The van der Waals surface area contributed by atoms with Crippen LogP contribution < -0.4 is 0 Å². The van der Waals surface area contributed by atoms with Crippen LogP contribution in [-0.4, -0.2) is 135 Å². The summed E-state index contributed by atoms with van der Waals surface area (Å²) in [4.78, 5) is 61.7. The Morgan fingerprint density at radius 2 is 1.35 bits per heavy atom. The number of ether oxygens (including phenoxy) is 6. The van der Waals surface area contributed by atoms with Crippen LogP contribution in [0.25, 0.3) is 0 Å². The Bertz CT molecular complexity index is 1870. The standard InChI is InChI=1S/C56H99NO12Si2/c1-21-41-29-35(2)28-36(3)30-47(63-14)50-48(64-15)32-38(5)51(59)56(65-16,67-50)53(61)57-27-23-22-24-42(57)52(60)66-49(39(6)45(34-43(41)58)69-71(19,20)55(10,11)12)37(4)31-40-25-26-44(46(33-40)62-13)68-70(17,18)54(7,8)9/h29,31,36,38-42,44-50H,21-28,30,32-34H2,1-20H3/b35-29+,37-31+/t36-,38+,39+,40-,41+,42-,44+,45?,46+,47?,48-,49+,50+,56?/m0/s1. The molecule has 408 valence electrons. The molecule has 0 N–H and O–H groups in total. The molecule has 0 radical (unpaired) electrons. The molecule has 71 heavy (non-hydrogen) atoms. The van der Waals surface area contributed by atoms with Crippen LogP contribution in [0.2, 0.25) is 36.3 Å². The van der Waals surface area contributed by atoms with Gasteiger partial charge >= 0.3 is 11.8 Å². The van der Waals surface area contributed by atoms with E-state index in [1.807, 2.05) is 13.8 Å². The number of ketones is 2. The van der Waals surface area contributed by atoms with E-state index in [-0.39, 0.29) is 65.2 Å². The summed E-state index contributed by atoms with van der Waals surface area (Å²) < 4.78 is 52.3. The minimum absolute atomic E-state index is 0.0261. The molecule has 3 fully saturated rings. The van der Waals surface area contributed by atoms with Gasteiger partial charge in [-0.15, -0.1) is 0 Å². The zero-order chi connectivity index (χ0) is 53.6. The first kappa shape index (κ1) is 61.5. The summed E-state index contributed by atoms with van der Waals surface area (Å²) in [6.07, 6.45) is 6.96. The summed E-state index contributed by atoms with van der Waals surface area (Å²) in [5.74, 6) is -5.47. The van der Waals surface area contributed by atoms with E-state index in [4.69, 9.17) is 37.3 Å². The fourth-order valence-corrected chi connectivity index (χ4v) is 13.8. The smallest absolute Gasteiger partial charge is 0.329 e. The van der Waals surface area contributed by atoms with E-state index < -0.39 is 88.5 Å². The average molecular weight is 1030 g/mol. The molecule has 4 aliphatic rings. The van der Waals surface area contributed by atoms with Crippen molar-refractivity contribution in [3.63, 3.8) is 0 Å². The maximum Gasteiger partial charge on any atom is 0.329 e. The molecular formula is C56H99NO12Si2. The molecule has 3 heterocycles. The first-order valence-corrected chi connectivity index (χ1v) is 32.8. The second-order valence-corrected chi connectivity index (χ2v) is 34.5. The lowest BCUT2D eigenvalue weighted by Crippen LogP contribution is -2.64. The number of carbonyl (C=O) groups excluding carboxylic acids is 4. The molecule has 1 aliphatic carbocycles. The normalized spacial score (nSPS) is 36.3. The summed E-state index contributed by atoms with van der Waals surface area (Å²) in [6.45, 7) is 34.6. The molecule has 2 bridgehead atoms. The number of Topliss-reactive ketones (excluding diaryl/α,β-unsaturated/α-hetero) is 2. The average Bonchev–Trinajstić information content (AvgIpc) is 3.40. The minimum Gasteiger partial charge on any atom is -0.456 e. The summed E-state index contributed by atoms with van der Waals surface area (Å²) in [6, 6.07) is -1.04. The van der Waals surface area contributed by atoms with Gasteiger partial charge < -0.3 is 42.2 Å². The van der Waals surface area contributed by atoms with Crippen LogP contribution in [0.3, 0.4) is 0 Å². The number of esters is 1. The maximum absolute atomic E-state index is 15.4. The van der Waals surface area contributed by atoms with E-state index in [1.165, 1.54) is 12.0 Å². The lowest BCUT2D eigenvalue weighted by atomic mass is 9.81. The van der Waals surface area contributed by atoms with Crippen LogP contribution in [0.5, 0.6) is 0 Å². The predicted molar refractivity (Wildman–Crippen MR) is 285 cm³/mol. The van der Waals surface area contributed by atoms with Crippen molar-refractivity contribution in [3.8, 4) is 0 Å². The van der Waals surface area contributed by atoms with Crippen molar-refractivity contribution in [1.82, 2.24) is 4.90 Å². The van der Waals surface area contributed by atoms with Gasteiger partial charge in [-0.3, -0.25) is 14.4 Å². The Labute approximate surface area is 432 Å². The van der Waals surface area contributed by atoms with Crippen LogP contribution in [0, 0.1) is 29.6 Å². The topological polar surface area (TPSA) is 145 Å². The van der Waals surface area contributed by atoms with Gasteiger partial charge in [0.1, 0.15) is 24.0 Å². The number of fused-ring (bicyclic) bond motifs is 3. The fourth-order valence-electron chi connectivity index (χ4n) is 11.0. The van der Waals surface area contributed by atoms with Crippen molar-refractivity contribution in [2.24, 2.45) is 29.6 Å². The first-order chi connectivity index (χ1) is 32.9. The number of amides is 1. The number of nitrogens with zero attached hydrogens (tertiary/aromatic N) is 1. The number of carbonyl (C=O) groups is 4. The Balaban J connectivity index is 1.92. The zero-order valence-electron chi connectivity index (χ0n) is 48.0. The highest BCUT2D eigenvalue weighted by molar-refractivity contribution is 6.74. The van der Waals surface area contributed by atoms with E-state index in [9.17, 15) is 9.59 Å². The summed E-state index contributed by atoms with van der Waals surface area (Å²) >= 11 is 0. The molecule has 15 heteroatoms. The first-order valence-electron chi connectivity index (χ1n) is 27.0. The molecule has 2 saturated heterocycles. The molecule has 14 atom stereocenters. The third-order valence-electron chi connectivity index (χ3n) is 17.5. The van der Waals surface area contributed by atoms with Gasteiger partial charge in [0.15, 0.2) is 16.6 Å². The zero-order valence-corrected chi connectivity index (χ0v) is 50.0. The van der Waals surface area contributed by atoms with Gasteiger partial charge in [0.25, 0.3) is 5.91 Å². The summed E-state index contributed by atoms with van der Waals surface area (Å²) in [7, 11) is 1.65. The monoisotopic (exact) mass is 1030 g/mol. The Hall–Kier alpha value is -2.09. The van der Waals surface area contributed by atoms with Gasteiger partial charge in [-0.05, 0) is 132 Å². The van der Waals surface area contributed by atoms with Crippen LogP contribution in [-0.2, 0) is 56.5 Å². The van der Waals surface area contributed by atoms with Gasteiger partial charge in [0.2, 0.25) is 5.78 Å². The van der Waals surface area contributed by atoms with Crippen molar-refractivity contribution in [2.75, 3.05) is 35.0 Å². The molecule has 0 aromatic heterocycles. The number of hydrogen-bond acceptors (Lipinski definition) is 12. The minimum atomic E-state index is -2.53. The summed E-state index contributed by atoms with van der Waals surface area (Å²) in [5, 5.41) is -0.123. The van der Waals surface area contributed by atoms with Crippen LogP contribution in [0.4, 0.5) is 0 Å². The molecule has 13 nitrogen and oxygen atoms in total. The largest absolute Gasteiger partial charge is 0.456 e. The second kappa shape index (κ2) is 25.2. The highest BCUT2D eigenvalue weighted by Gasteiger charge is 2.59. The predicted octanol–water partition coefficient (Wildman–Crippen LogP) is 11.2. The summed E-state index contributed by atoms with van der Waals surface area (Å²) in [5.41, 5.74) is 1.93. The van der Waals surface area contributed by atoms with E-state index in [0.29, 0.717) is 38.5 Å².